The number of hydrogen-bond acceptors (Lipinski definition) is 3. The Hall–Kier alpha value is -6.29. The first-order valence-electron chi connectivity index (χ1n) is 19.1. The minimum atomic E-state index is -0.438. The van der Waals surface area contributed by atoms with Gasteiger partial charge in [-0.2, -0.15) is 0 Å². The molecule has 7 aromatic rings. The number of aliphatic imine (C=N–C) groups is 1. The highest BCUT2D eigenvalue weighted by Gasteiger charge is 2.49. The highest BCUT2D eigenvalue weighted by molar-refractivity contribution is 6.01. The van der Waals surface area contributed by atoms with E-state index in [0.29, 0.717) is 0 Å². The molecular formula is C51H41N3. The number of nitrogens with zero attached hydrogens (tertiary/aromatic N) is 1. The number of benzene rings is 7. The van der Waals surface area contributed by atoms with E-state index in [1.165, 1.54) is 66.4 Å². The van der Waals surface area contributed by atoms with Crippen LogP contribution in [0.4, 0.5) is 0 Å². The third-order valence-electron chi connectivity index (χ3n) is 11.7. The van der Waals surface area contributed by atoms with Crippen LogP contribution in [0.1, 0.15) is 51.5 Å². The third kappa shape index (κ3) is 5.27. The first-order chi connectivity index (χ1) is 26.7. The Bertz CT molecular complexity index is 2560. The van der Waals surface area contributed by atoms with Crippen LogP contribution in [0, 0.1) is 12.8 Å². The van der Waals surface area contributed by atoms with Crippen LogP contribution >= 0.6 is 0 Å². The van der Waals surface area contributed by atoms with Gasteiger partial charge in [0, 0.05) is 11.5 Å². The van der Waals surface area contributed by atoms with Crippen molar-refractivity contribution in [2.45, 2.75) is 31.1 Å². The number of fused-ring (bicyclic) bond motifs is 4. The van der Waals surface area contributed by atoms with E-state index < -0.39 is 5.41 Å². The zero-order valence-corrected chi connectivity index (χ0v) is 30.3. The lowest BCUT2D eigenvalue weighted by Crippen LogP contribution is -2.55. The Morgan fingerprint density at radius 1 is 0.611 bits per heavy atom. The van der Waals surface area contributed by atoms with Gasteiger partial charge < -0.3 is 5.32 Å². The van der Waals surface area contributed by atoms with Crippen molar-refractivity contribution in [1.82, 2.24) is 10.6 Å². The van der Waals surface area contributed by atoms with Crippen molar-refractivity contribution in [2.75, 3.05) is 0 Å². The van der Waals surface area contributed by atoms with E-state index in [1.54, 1.807) is 0 Å². The predicted molar refractivity (Wildman–Crippen MR) is 223 cm³/mol. The molecule has 1 aliphatic heterocycles. The summed E-state index contributed by atoms with van der Waals surface area (Å²) in [6.07, 6.45) is 5.62. The fourth-order valence-electron chi connectivity index (χ4n) is 9.21. The lowest BCUT2D eigenvalue weighted by Gasteiger charge is -2.39. The summed E-state index contributed by atoms with van der Waals surface area (Å²) in [6.45, 7) is 2.18. The van der Waals surface area contributed by atoms with Crippen molar-refractivity contribution in [3.05, 3.63) is 233 Å². The molecule has 260 valence electrons. The van der Waals surface area contributed by atoms with E-state index in [-0.39, 0.29) is 18.2 Å². The molecule has 2 N–H and O–H groups in total. The molecule has 10 rings (SSSR count). The monoisotopic (exact) mass is 695 g/mol. The van der Waals surface area contributed by atoms with Gasteiger partial charge in [0.05, 0.1) is 11.6 Å². The van der Waals surface area contributed by atoms with Gasteiger partial charge in [-0.05, 0) is 74.2 Å². The van der Waals surface area contributed by atoms with Crippen LogP contribution in [0.5, 0.6) is 0 Å². The van der Waals surface area contributed by atoms with Crippen molar-refractivity contribution in [1.29, 1.82) is 0 Å². The van der Waals surface area contributed by atoms with Gasteiger partial charge in [-0.15, -0.1) is 0 Å². The highest BCUT2D eigenvalue weighted by atomic mass is 15.3. The number of aryl methyl sites for hydroxylation is 1. The molecule has 0 amide bonds. The van der Waals surface area contributed by atoms with Gasteiger partial charge in [0.25, 0.3) is 0 Å². The maximum Gasteiger partial charge on any atom is 0.131 e. The van der Waals surface area contributed by atoms with Gasteiger partial charge >= 0.3 is 0 Å². The van der Waals surface area contributed by atoms with Crippen LogP contribution < -0.4 is 10.6 Å². The summed E-state index contributed by atoms with van der Waals surface area (Å²) in [6, 6.07) is 63.9. The molecule has 3 atom stereocenters. The average Bonchev–Trinajstić information content (AvgIpc) is 3.54. The van der Waals surface area contributed by atoms with Gasteiger partial charge in [0.15, 0.2) is 0 Å². The smallest absolute Gasteiger partial charge is 0.131 e. The fraction of sp³-hybridized carbons (Fsp3) is 0.118. The minimum absolute atomic E-state index is 0.0809. The minimum Gasteiger partial charge on any atom is -0.354 e. The third-order valence-corrected chi connectivity index (χ3v) is 11.7. The summed E-state index contributed by atoms with van der Waals surface area (Å²) in [4.78, 5) is 5.44. The molecule has 1 heterocycles. The summed E-state index contributed by atoms with van der Waals surface area (Å²) in [7, 11) is 0. The second-order valence-electron chi connectivity index (χ2n) is 14.8. The van der Waals surface area contributed by atoms with Crippen LogP contribution in [0.3, 0.4) is 0 Å². The van der Waals surface area contributed by atoms with E-state index in [9.17, 15) is 0 Å². The van der Waals surface area contributed by atoms with Gasteiger partial charge in [0.1, 0.15) is 12.0 Å². The van der Waals surface area contributed by atoms with Gasteiger partial charge in [-0.25, -0.2) is 4.99 Å². The second-order valence-corrected chi connectivity index (χ2v) is 14.8. The first-order valence-corrected chi connectivity index (χ1v) is 19.1. The normalized spacial score (nSPS) is 19.9. The van der Waals surface area contributed by atoms with E-state index in [2.05, 4.69) is 206 Å². The maximum absolute atomic E-state index is 5.44. The van der Waals surface area contributed by atoms with E-state index >= 15 is 0 Å². The molecule has 3 heteroatoms. The summed E-state index contributed by atoms with van der Waals surface area (Å²) in [5.41, 5.74) is 13.4. The maximum atomic E-state index is 5.44. The number of rotatable bonds is 6. The Morgan fingerprint density at radius 3 is 2.04 bits per heavy atom. The highest BCUT2D eigenvalue weighted by Crippen LogP contribution is 2.58. The van der Waals surface area contributed by atoms with Crippen molar-refractivity contribution in [2.24, 2.45) is 10.9 Å². The summed E-state index contributed by atoms with van der Waals surface area (Å²) in [5.74, 6) is 1.06. The molecule has 0 fully saturated rings. The molecule has 3 unspecified atom stereocenters. The van der Waals surface area contributed by atoms with Crippen LogP contribution in [0.15, 0.2) is 199 Å². The fourth-order valence-corrected chi connectivity index (χ4v) is 9.21. The molecule has 0 bridgehead atoms. The summed E-state index contributed by atoms with van der Waals surface area (Å²) in [5, 5.41) is 10.5. The predicted octanol–water partition coefficient (Wildman–Crippen LogP) is 11.2. The Labute approximate surface area is 317 Å². The van der Waals surface area contributed by atoms with Crippen molar-refractivity contribution in [3.63, 3.8) is 0 Å². The van der Waals surface area contributed by atoms with E-state index in [0.717, 1.165) is 17.8 Å². The van der Waals surface area contributed by atoms with Crippen LogP contribution in [-0.4, -0.2) is 12.0 Å². The van der Waals surface area contributed by atoms with Gasteiger partial charge in [0.2, 0.25) is 0 Å². The lowest BCUT2D eigenvalue weighted by molar-refractivity contribution is 0.327. The Morgan fingerprint density at radius 2 is 1.26 bits per heavy atom. The van der Waals surface area contributed by atoms with E-state index in [1.807, 2.05) is 0 Å². The number of hydrogen-bond donors (Lipinski definition) is 2. The zero-order chi connectivity index (χ0) is 36.1. The Balaban J connectivity index is 1.13. The largest absolute Gasteiger partial charge is 0.354 e. The molecule has 2 aliphatic carbocycles. The summed E-state index contributed by atoms with van der Waals surface area (Å²) < 4.78 is 0. The van der Waals surface area contributed by atoms with Crippen molar-refractivity contribution in [3.8, 4) is 11.1 Å². The standard InChI is InChI=1S/C51H41N3/c1-34-28-30-44(45(32-34)41-26-15-19-35-16-11-12-24-40(35)41)50-53-48(36-17-5-2-6-18-36)52-49(54-50)37-29-31-43-42-25-13-14-27-46(42)51(47(43)33-37,38-20-7-3-8-21-38)39-22-9-4-10-23-39/h2-28,30-33,37,49-50,54H,29H2,1H3,(H,52,53). The van der Waals surface area contributed by atoms with Crippen molar-refractivity contribution >= 4 is 22.2 Å². The van der Waals surface area contributed by atoms with Crippen LogP contribution in [0.2, 0.25) is 0 Å². The number of allylic oxidation sites excluding steroid dienone is 3. The first kappa shape index (κ1) is 32.4. The molecule has 54 heavy (non-hydrogen) atoms. The van der Waals surface area contributed by atoms with Crippen molar-refractivity contribution < 1.29 is 0 Å². The summed E-state index contributed by atoms with van der Waals surface area (Å²) >= 11 is 0. The molecule has 7 aromatic carbocycles. The molecule has 0 saturated carbocycles. The topological polar surface area (TPSA) is 36.4 Å². The molecule has 0 aromatic heterocycles. The number of nitrogens with one attached hydrogen (secondary N) is 2. The van der Waals surface area contributed by atoms with Gasteiger partial charge in [-0.3, -0.25) is 5.32 Å². The molecule has 0 radical (unpaired) electrons. The molecule has 3 nitrogen and oxygen atoms in total. The van der Waals surface area contributed by atoms with Crippen LogP contribution in [-0.2, 0) is 5.41 Å². The average molecular weight is 696 g/mol. The quantitative estimate of drug-likeness (QED) is 0.182. The number of amidine groups is 1. The van der Waals surface area contributed by atoms with E-state index in [4.69, 9.17) is 4.99 Å². The second kappa shape index (κ2) is 13.3. The molecule has 3 aliphatic rings. The molecule has 0 saturated heterocycles. The SMILES string of the molecule is Cc1ccc(C2N=C(c3ccccc3)NC(C3C=C4C(=CC3)c3ccccc3C4(c3ccccc3)c3ccccc3)N2)c(-c2cccc3ccccc23)c1. The lowest BCUT2D eigenvalue weighted by atomic mass is 9.66. The zero-order valence-electron chi connectivity index (χ0n) is 30.3. The Kier molecular flexibility index (Phi) is 7.96. The van der Waals surface area contributed by atoms with Gasteiger partial charge in [-0.1, -0.05) is 194 Å². The molecule has 0 spiro atoms. The van der Waals surface area contributed by atoms with Crippen LogP contribution in [0.25, 0.3) is 27.5 Å². The molecular weight excluding hydrogens is 655 g/mol.